The van der Waals surface area contributed by atoms with Crippen molar-refractivity contribution in [2.45, 2.75) is 40.0 Å². The van der Waals surface area contributed by atoms with E-state index in [2.05, 4.69) is 51.6 Å². The van der Waals surface area contributed by atoms with E-state index < -0.39 is 0 Å². The number of furan rings is 1. The summed E-state index contributed by atoms with van der Waals surface area (Å²) in [7, 11) is 0. The first-order valence-electron chi connectivity index (χ1n) is 14.4. The number of carbonyl (C=O) groups excluding carboxylic acids is 3. The molecule has 2 aromatic carbocycles. The number of para-hydroxylation sites is 1. The van der Waals surface area contributed by atoms with Crippen LogP contribution in [-0.4, -0.2) is 68.4 Å². The van der Waals surface area contributed by atoms with Crippen LogP contribution in [0.2, 0.25) is 0 Å². The summed E-state index contributed by atoms with van der Waals surface area (Å²) in [6.45, 7) is 11.0. The first kappa shape index (κ1) is 28.3. The average Bonchev–Trinajstić information content (AvgIpc) is 3.55. The van der Waals surface area contributed by atoms with Gasteiger partial charge in [0.1, 0.15) is 5.76 Å². The molecule has 2 saturated heterocycles. The fraction of sp³-hybridized carbons (Fsp3) is 0.406. The lowest BCUT2D eigenvalue weighted by molar-refractivity contribution is -0.127. The standard InChI is InChI=1S/C32H39N5O4/c1-22-8-4-5-9-27(22)35-16-18-36(19-17-35)28-12-11-25(31(39)33-13-7-15-37-14-6-10-30(37)38)21-26(28)34-32(40)29-20-23(2)24(3)41-29/h4-5,8-9,11-12,20-21H,6-7,10,13-19H2,1-3H3,(H,33,39)(H,34,40). The molecule has 2 N–H and O–H groups in total. The molecule has 2 fully saturated rings. The van der Waals surface area contributed by atoms with E-state index in [0.29, 0.717) is 42.9 Å². The SMILES string of the molecule is Cc1ccccc1N1CCN(c2ccc(C(=O)NCCCN3CCCC3=O)cc2NC(=O)c2cc(C)c(C)o2)CC1. The minimum absolute atomic E-state index is 0.189. The van der Waals surface area contributed by atoms with Crippen LogP contribution in [0.3, 0.4) is 0 Å². The average molecular weight is 558 g/mol. The van der Waals surface area contributed by atoms with Crippen molar-refractivity contribution in [1.29, 1.82) is 0 Å². The number of aryl methyl sites for hydroxylation is 3. The Kier molecular flexibility index (Phi) is 8.61. The van der Waals surface area contributed by atoms with Crippen LogP contribution in [0, 0.1) is 20.8 Å². The number of nitrogens with zero attached hydrogens (tertiary/aromatic N) is 3. The van der Waals surface area contributed by atoms with Gasteiger partial charge in [0.15, 0.2) is 5.76 Å². The summed E-state index contributed by atoms with van der Waals surface area (Å²) in [6.07, 6.45) is 2.22. The third kappa shape index (κ3) is 6.56. The molecular formula is C32H39N5O4. The van der Waals surface area contributed by atoms with Gasteiger partial charge < -0.3 is 29.8 Å². The summed E-state index contributed by atoms with van der Waals surface area (Å²) in [5, 5.41) is 5.97. The van der Waals surface area contributed by atoms with E-state index in [1.165, 1.54) is 11.3 Å². The number of carbonyl (C=O) groups is 3. The molecule has 1 aromatic heterocycles. The summed E-state index contributed by atoms with van der Waals surface area (Å²) in [6, 6.07) is 15.6. The van der Waals surface area contributed by atoms with Crippen molar-refractivity contribution >= 4 is 34.8 Å². The highest BCUT2D eigenvalue weighted by Crippen LogP contribution is 2.31. The van der Waals surface area contributed by atoms with Crippen molar-refractivity contribution in [3.63, 3.8) is 0 Å². The Morgan fingerprint density at radius 2 is 1.59 bits per heavy atom. The molecule has 0 atom stereocenters. The van der Waals surface area contributed by atoms with Gasteiger partial charge in [-0.15, -0.1) is 0 Å². The second-order valence-electron chi connectivity index (χ2n) is 10.9. The molecule has 9 nitrogen and oxygen atoms in total. The van der Waals surface area contributed by atoms with Crippen molar-refractivity contribution < 1.29 is 18.8 Å². The van der Waals surface area contributed by atoms with E-state index in [1.807, 2.05) is 24.8 Å². The van der Waals surface area contributed by atoms with Crippen LogP contribution in [0.1, 0.15) is 57.1 Å². The van der Waals surface area contributed by atoms with Gasteiger partial charge in [-0.2, -0.15) is 0 Å². The zero-order chi connectivity index (χ0) is 28.9. The number of likely N-dealkylation sites (tertiary alicyclic amines) is 1. The molecule has 0 spiro atoms. The van der Waals surface area contributed by atoms with Gasteiger partial charge in [-0.1, -0.05) is 18.2 Å². The highest BCUT2D eigenvalue weighted by Gasteiger charge is 2.24. The zero-order valence-electron chi connectivity index (χ0n) is 24.2. The number of piperazine rings is 1. The highest BCUT2D eigenvalue weighted by atomic mass is 16.3. The van der Waals surface area contributed by atoms with E-state index in [-0.39, 0.29) is 23.5 Å². The van der Waals surface area contributed by atoms with Gasteiger partial charge in [0.2, 0.25) is 5.91 Å². The van der Waals surface area contributed by atoms with E-state index in [1.54, 1.807) is 18.2 Å². The number of amides is 3. The molecule has 3 amide bonds. The largest absolute Gasteiger partial charge is 0.456 e. The third-order valence-electron chi connectivity index (χ3n) is 8.03. The molecule has 3 heterocycles. The molecule has 5 rings (SSSR count). The molecule has 2 aliphatic rings. The summed E-state index contributed by atoms with van der Waals surface area (Å²) >= 11 is 0. The second-order valence-corrected chi connectivity index (χ2v) is 10.9. The number of hydrogen-bond donors (Lipinski definition) is 2. The maximum Gasteiger partial charge on any atom is 0.291 e. The maximum absolute atomic E-state index is 13.2. The lowest BCUT2D eigenvalue weighted by atomic mass is 10.1. The first-order chi connectivity index (χ1) is 19.8. The Hall–Kier alpha value is -4.27. The Labute approximate surface area is 241 Å². The molecule has 0 aliphatic carbocycles. The molecule has 2 aliphatic heterocycles. The molecule has 0 unspecified atom stereocenters. The van der Waals surface area contributed by atoms with Gasteiger partial charge in [0, 0.05) is 63.5 Å². The molecule has 0 bridgehead atoms. The summed E-state index contributed by atoms with van der Waals surface area (Å²) < 4.78 is 5.66. The third-order valence-corrected chi connectivity index (χ3v) is 8.03. The van der Waals surface area contributed by atoms with Crippen LogP contribution in [0.25, 0.3) is 0 Å². The van der Waals surface area contributed by atoms with Crippen LogP contribution in [0.4, 0.5) is 17.1 Å². The Morgan fingerprint density at radius 3 is 2.24 bits per heavy atom. The van der Waals surface area contributed by atoms with Crippen LogP contribution < -0.4 is 20.4 Å². The number of benzene rings is 2. The zero-order valence-corrected chi connectivity index (χ0v) is 24.2. The first-order valence-corrected chi connectivity index (χ1v) is 14.4. The number of anilines is 3. The van der Waals surface area contributed by atoms with Gasteiger partial charge in [0.05, 0.1) is 11.4 Å². The maximum atomic E-state index is 13.2. The van der Waals surface area contributed by atoms with Gasteiger partial charge in [0.25, 0.3) is 11.8 Å². The molecule has 216 valence electrons. The lowest BCUT2D eigenvalue weighted by Gasteiger charge is -2.38. The smallest absolute Gasteiger partial charge is 0.291 e. The van der Waals surface area contributed by atoms with Crippen LogP contribution >= 0.6 is 0 Å². The van der Waals surface area contributed by atoms with Crippen LogP contribution in [0.15, 0.2) is 52.9 Å². The Bertz CT molecular complexity index is 1400. The lowest BCUT2D eigenvalue weighted by Crippen LogP contribution is -2.47. The second kappa shape index (κ2) is 12.5. The molecule has 41 heavy (non-hydrogen) atoms. The minimum Gasteiger partial charge on any atom is -0.456 e. The summed E-state index contributed by atoms with van der Waals surface area (Å²) in [4.78, 5) is 44.5. The highest BCUT2D eigenvalue weighted by molar-refractivity contribution is 6.06. The number of rotatable bonds is 9. The Balaban J connectivity index is 1.29. The molecular weight excluding hydrogens is 518 g/mol. The van der Waals surface area contributed by atoms with E-state index in [4.69, 9.17) is 4.42 Å². The predicted octanol–water partition coefficient (Wildman–Crippen LogP) is 4.53. The van der Waals surface area contributed by atoms with E-state index in [0.717, 1.165) is 50.4 Å². The van der Waals surface area contributed by atoms with E-state index >= 15 is 0 Å². The monoisotopic (exact) mass is 557 g/mol. The topological polar surface area (TPSA) is 98.1 Å². The normalized spacial score (nSPS) is 15.4. The van der Waals surface area contributed by atoms with Crippen LogP contribution in [0.5, 0.6) is 0 Å². The van der Waals surface area contributed by atoms with Gasteiger partial charge in [-0.3, -0.25) is 14.4 Å². The Morgan fingerprint density at radius 1 is 0.854 bits per heavy atom. The quantitative estimate of drug-likeness (QED) is 0.376. The predicted molar refractivity (Wildman–Crippen MR) is 161 cm³/mol. The number of nitrogens with one attached hydrogen (secondary N) is 2. The molecule has 0 radical (unpaired) electrons. The van der Waals surface area contributed by atoms with Gasteiger partial charge >= 0.3 is 0 Å². The van der Waals surface area contributed by atoms with Crippen molar-refractivity contribution in [3.8, 4) is 0 Å². The fourth-order valence-electron chi connectivity index (χ4n) is 5.54. The van der Waals surface area contributed by atoms with Gasteiger partial charge in [-0.25, -0.2) is 0 Å². The number of hydrogen-bond acceptors (Lipinski definition) is 6. The fourth-order valence-corrected chi connectivity index (χ4v) is 5.54. The van der Waals surface area contributed by atoms with Crippen molar-refractivity contribution in [3.05, 3.63) is 76.7 Å². The van der Waals surface area contributed by atoms with Crippen molar-refractivity contribution in [1.82, 2.24) is 10.2 Å². The summed E-state index contributed by atoms with van der Waals surface area (Å²) in [5.41, 5.74) is 5.30. The van der Waals surface area contributed by atoms with Gasteiger partial charge in [-0.05, 0) is 75.1 Å². The molecule has 3 aromatic rings. The van der Waals surface area contributed by atoms with E-state index in [9.17, 15) is 14.4 Å². The minimum atomic E-state index is -0.353. The van der Waals surface area contributed by atoms with Crippen LogP contribution in [-0.2, 0) is 4.79 Å². The summed E-state index contributed by atoms with van der Waals surface area (Å²) in [5.74, 6) is 0.560. The van der Waals surface area contributed by atoms with Crippen molar-refractivity contribution in [2.24, 2.45) is 0 Å². The molecule has 9 heteroatoms. The molecule has 0 saturated carbocycles. The van der Waals surface area contributed by atoms with Crippen molar-refractivity contribution in [2.75, 3.05) is 60.9 Å².